The van der Waals surface area contributed by atoms with E-state index in [1.54, 1.807) is 6.92 Å². The monoisotopic (exact) mass is 341 g/mol. The van der Waals surface area contributed by atoms with Gasteiger partial charge in [0, 0.05) is 12.2 Å². The largest absolute Gasteiger partial charge is 0.748 e. The molecule has 0 saturated carbocycles. The molecule has 21 heavy (non-hydrogen) atoms. The molecule has 0 saturated heterocycles. The second-order valence-corrected chi connectivity index (χ2v) is 7.11. The summed E-state index contributed by atoms with van der Waals surface area (Å²) >= 11 is 4.07. The molecule has 0 radical (unpaired) electrons. The minimum absolute atomic E-state index is 0.0853. The Hall–Kier alpha value is -0.840. The van der Waals surface area contributed by atoms with Crippen molar-refractivity contribution in [3.05, 3.63) is 0 Å². The van der Waals surface area contributed by atoms with E-state index in [4.69, 9.17) is 5.73 Å². The van der Waals surface area contributed by atoms with E-state index in [0.717, 1.165) is 0 Å². The molecule has 0 aromatic heterocycles. The van der Waals surface area contributed by atoms with Gasteiger partial charge in [0.2, 0.25) is 11.8 Å². The van der Waals surface area contributed by atoms with Crippen LogP contribution in [0.2, 0.25) is 0 Å². The summed E-state index contributed by atoms with van der Waals surface area (Å²) < 4.78 is 31.7. The average Bonchev–Trinajstić information content (AvgIpc) is 2.38. The number of carbonyl (C=O) groups excluding carboxylic acids is 2. The topological polar surface area (TPSA) is 157 Å². The number of quaternary nitrogens is 1. The van der Waals surface area contributed by atoms with Crippen LogP contribution in [0.1, 0.15) is 26.7 Å². The first-order valence-electron chi connectivity index (χ1n) is 6.54. The van der Waals surface area contributed by atoms with E-state index in [9.17, 15) is 22.6 Å². The number of hydrogen-bond donors (Lipinski definition) is 4. The molecule has 0 spiro atoms. The van der Waals surface area contributed by atoms with Crippen molar-refractivity contribution in [2.75, 3.05) is 5.75 Å². The third-order valence-corrected chi connectivity index (χ3v) is 4.66. The number of rotatable bonds is 9. The summed E-state index contributed by atoms with van der Waals surface area (Å²) in [6.45, 7) is 3.63. The maximum Gasteiger partial charge on any atom is 0.240 e. The van der Waals surface area contributed by atoms with E-state index in [1.165, 1.54) is 0 Å². The predicted octanol–water partition coefficient (Wildman–Crippen LogP) is -2.15. The van der Waals surface area contributed by atoms with Crippen molar-refractivity contribution in [3.8, 4) is 0 Å². The molecule has 10 heteroatoms. The maximum atomic E-state index is 12.0. The molecule has 0 aliphatic carbocycles. The van der Waals surface area contributed by atoms with Crippen molar-refractivity contribution in [1.82, 2.24) is 5.32 Å². The van der Waals surface area contributed by atoms with Crippen molar-refractivity contribution in [2.45, 2.75) is 44.0 Å². The molecular weight excluding hydrogens is 318 g/mol. The molecule has 8 nitrogen and oxygen atoms in total. The minimum atomic E-state index is -4.36. The first-order chi connectivity index (χ1) is 9.49. The summed E-state index contributed by atoms with van der Waals surface area (Å²) in [7, 11) is -4.36. The van der Waals surface area contributed by atoms with Gasteiger partial charge >= 0.3 is 0 Å². The zero-order valence-corrected chi connectivity index (χ0v) is 13.8. The summed E-state index contributed by atoms with van der Waals surface area (Å²) in [5.74, 6) is -1.97. The summed E-state index contributed by atoms with van der Waals surface area (Å²) in [6, 6.07) is -1.50. The molecule has 0 aromatic carbocycles. The summed E-state index contributed by atoms with van der Waals surface area (Å²) in [6.07, 6.45) is 0.561. The van der Waals surface area contributed by atoms with Gasteiger partial charge in [-0.1, -0.05) is 20.3 Å². The first-order valence-corrected chi connectivity index (χ1v) is 8.63. The third-order valence-electron chi connectivity index (χ3n) is 3.27. The molecule has 0 aliphatic rings. The van der Waals surface area contributed by atoms with Gasteiger partial charge < -0.3 is 21.3 Å². The lowest BCUT2D eigenvalue weighted by molar-refractivity contribution is -0.416. The second-order valence-electron chi connectivity index (χ2n) is 5.03. The Bertz CT molecular complexity index is 468. The Morgan fingerprint density at radius 2 is 1.95 bits per heavy atom. The zero-order chi connectivity index (χ0) is 16.8. The maximum absolute atomic E-state index is 12.0. The van der Waals surface area contributed by atoms with Crippen LogP contribution in [0.25, 0.3) is 0 Å². The molecular formula is C11H23N3O5S2. The smallest absolute Gasteiger partial charge is 0.240 e. The lowest BCUT2D eigenvalue weighted by Gasteiger charge is -2.24. The van der Waals surface area contributed by atoms with Crippen LogP contribution in [0.4, 0.5) is 0 Å². The number of nitrogens with two attached hydrogens (primary N) is 1. The Morgan fingerprint density at radius 3 is 2.33 bits per heavy atom. The van der Waals surface area contributed by atoms with Crippen molar-refractivity contribution < 1.29 is 28.3 Å². The molecule has 0 fully saturated rings. The predicted molar refractivity (Wildman–Crippen MR) is 79.2 cm³/mol. The fourth-order valence-corrected chi connectivity index (χ4v) is 2.45. The van der Waals surface area contributed by atoms with E-state index in [1.807, 2.05) is 6.92 Å². The van der Waals surface area contributed by atoms with Crippen LogP contribution in [-0.2, 0) is 19.7 Å². The Kier molecular flexibility index (Phi) is 8.22. The van der Waals surface area contributed by atoms with Gasteiger partial charge in [-0.25, -0.2) is 8.42 Å². The lowest BCUT2D eigenvalue weighted by Crippen LogP contribution is -2.68. The third kappa shape index (κ3) is 7.65. The standard InChI is InChI=1S/C11H23N3O5S2/c1-3-6(2)8(10(13)15)14-11(16)9(20)7(12)4-5-21(17,18)19/h6-9,20H,3-5,12H2,1-2H3,(H2,13,15)(H,14,16)(H,17,18,19)/t6-,7-,8+,9+/m1/s1. The number of nitrogens with one attached hydrogen (secondary N) is 1. The van der Waals surface area contributed by atoms with Gasteiger partial charge in [-0.3, -0.25) is 9.59 Å². The highest BCUT2D eigenvalue weighted by molar-refractivity contribution is 7.85. The van der Waals surface area contributed by atoms with Crippen molar-refractivity contribution in [1.29, 1.82) is 0 Å². The van der Waals surface area contributed by atoms with Crippen LogP contribution in [-0.4, -0.2) is 47.9 Å². The highest BCUT2D eigenvalue weighted by Gasteiger charge is 2.30. The molecule has 124 valence electrons. The Labute approximate surface area is 130 Å². The van der Waals surface area contributed by atoms with Crippen LogP contribution < -0.4 is 16.8 Å². The molecule has 0 rings (SSSR count). The molecule has 0 bridgehead atoms. The summed E-state index contributed by atoms with van der Waals surface area (Å²) in [5, 5.41) is 1.55. The molecule has 2 amide bonds. The molecule has 0 aliphatic heterocycles. The quantitative estimate of drug-likeness (QED) is 0.278. The first kappa shape index (κ1) is 20.2. The van der Waals surface area contributed by atoms with Gasteiger partial charge in [-0.15, -0.1) is 0 Å². The number of thiol groups is 1. The van der Waals surface area contributed by atoms with Crippen molar-refractivity contribution in [2.24, 2.45) is 11.7 Å². The van der Waals surface area contributed by atoms with Crippen LogP contribution in [0, 0.1) is 5.92 Å². The number of hydrogen-bond acceptors (Lipinski definition) is 6. The average molecular weight is 341 g/mol. The van der Waals surface area contributed by atoms with Gasteiger partial charge in [0.1, 0.15) is 17.3 Å². The molecule has 4 atom stereocenters. The Morgan fingerprint density at radius 1 is 1.43 bits per heavy atom. The van der Waals surface area contributed by atoms with Gasteiger partial charge in [0.05, 0.1) is 10.1 Å². The van der Waals surface area contributed by atoms with E-state index in [-0.39, 0.29) is 12.3 Å². The van der Waals surface area contributed by atoms with E-state index < -0.39 is 45.0 Å². The second kappa shape index (κ2) is 8.57. The van der Waals surface area contributed by atoms with E-state index in [2.05, 4.69) is 23.7 Å². The normalized spacial score (nSPS) is 17.6. The van der Waals surface area contributed by atoms with Crippen molar-refractivity contribution in [3.63, 3.8) is 0 Å². The molecule has 0 unspecified atom stereocenters. The van der Waals surface area contributed by atoms with Crippen LogP contribution in [0.15, 0.2) is 0 Å². The van der Waals surface area contributed by atoms with Crippen LogP contribution >= 0.6 is 12.6 Å². The van der Waals surface area contributed by atoms with E-state index in [0.29, 0.717) is 6.42 Å². The van der Waals surface area contributed by atoms with Gasteiger partial charge in [0.15, 0.2) is 0 Å². The summed E-state index contributed by atoms with van der Waals surface area (Å²) in [5.41, 5.74) is 8.86. The van der Waals surface area contributed by atoms with E-state index >= 15 is 0 Å². The minimum Gasteiger partial charge on any atom is -0.748 e. The highest BCUT2D eigenvalue weighted by Crippen LogP contribution is 2.10. The fourth-order valence-electron chi connectivity index (χ4n) is 1.64. The van der Waals surface area contributed by atoms with Gasteiger partial charge in [0.25, 0.3) is 0 Å². The van der Waals surface area contributed by atoms with Crippen LogP contribution in [0.3, 0.4) is 0 Å². The number of primary amides is 1. The Balaban J connectivity index is 4.65. The van der Waals surface area contributed by atoms with Crippen LogP contribution in [0.5, 0.6) is 0 Å². The van der Waals surface area contributed by atoms with Gasteiger partial charge in [-0.05, 0) is 5.92 Å². The van der Waals surface area contributed by atoms with Crippen molar-refractivity contribution >= 4 is 34.6 Å². The SMILES string of the molecule is CC[C@@H](C)[C@H](NC(=O)[C@@H](S)[C@H]([NH3+])CCS(=O)(=O)[O-])C(N)=O. The summed E-state index contributed by atoms with van der Waals surface area (Å²) in [4.78, 5) is 23.3. The lowest BCUT2D eigenvalue weighted by atomic mass is 9.98. The number of carbonyl (C=O) groups is 2. The zero-order valence-electron chi connectivity index (χ0n) is 12.1. The molecule has 0 aromatic rings. The van der Waals surface area contributed by atoms with Gasteiger partial charge in [-0.2, -0.15) is 12.6 Å². The molecule has 6 N–H and O–H groups in total. The number of amides is 2. The highest BCUT2D eigenvalue weighted by atomic mass is 32.2. The fraction of sp³-hybridized carbons (Fsp3) is 0.818. The molecule has 0 heterocycles.